The van der Waals surface area contributed by atoms with Crippen LogP contribution < -0.4 is 20.7 Å². The summed E-state index contributed by atoms with van der Waals surface area (Å²) in [5, 5.41) is 8.29. The van der Waals surface area contributed by atoms with E-state index in [0.717, 1.165) is 104 Å². The molecule has 3 amide bonds. The van der Waals surface area contributed by atoms with Gasteiger partial charge in [0.25, 0.3) is 5.91 Å². The van der Waals surface area contributed by atoms with Crippen LogP contribution in [0, 0.1) is 5.92 Å². The first-order valence-electron chi connectivity index (χ1n) is 19.7. The molecule has 5 aromatic rings. The minimum atomic E-state index is -0.590. The first kappa shape index (κ1) is 34.6. The number of carbonyl (C=O) groups is 3. The summed E-state index contributed by atoms with van der Waals surface area (Å²) in [7, 11) is 0. The van der Waals surface area contributed by atoms with E-state index in [2.05, 4.69) is 40.7 Å². The molecule has 5 aliphatic heterocycles. The van der Waals surface area contributed by atoms with Crippen molar-refractivity contribution in [3.05, 3.63) is 90.3 Å². The zero-order chi connectivity index (χ0) is 37.9. The molecule has 1 unspecified atom stereocenters. The number of likely N-dealkylation sites (tertiary alicyclic amines) is 2. The van der Waals surface area contributed by atoms with Crippen LogP contribution in [0.1, 0.15) is 47.6 Å². The van der Waals surface area contributed by atoms with Crippen LogP contribution in [0.5, 0.6) is 11.5 Å². The van der Waals surface area contributed by atoms with Crippen LogP contribution in [0.4, 0.5) is 11.5 Å². The highest BCUT2D eigenvalue weighted by Crippen LogP contribution is 2.37. The number of benzene rings is 3. The topological polar surface area (TPSA) is 155 Å². The Bertz CT molecular complexity index is 2310. The van der Waals surface area contributed by atoms with Crippen LogP contribution in [-0.4, -0.2) is 110 Å². The number of imide groups is 1. The first-order chi connectivity index (χ1) is 27.3. The summed E-state index contributed by atoms with van der Waals surface area (Å²) in [6.07, 6.45) is 4.15. The van der Waals surface area contributed by atoms with Gasteiger partial charge < -0.3 is 20.3 Å². The number of piperidine rings is 2. The smallest absolute Gasteiger partial charge is 0.255 e. The van der Waals surface area contributed by atoms with E-state index in [1.54, 1.807) is 4.90 Å². The van der Waals surface area contributed by atoms with Crippen molar-refractivity contribution in [1.29, 1.82) is 0 Å². The predicted octanol–water partition coefficient (Wildman–Crippen LogP) is 4.09. The number of aromatic nitrogens is 4. The molecule has 0 saturated carbocycles. The number of fused-ring (bicyclic) bond motifs is 2. The molecule has 1 atom stereocenters. The number of anilines is 2. The van der Waals surface area contributed by atoms with Crippen molar-refractivity contribution in [3.63, 3.8) is 0 Å². The zero-order valence-electron chi connectivity index (χ0n) is 31.1. The minimum absolute atomic E-state index is 0.129. The van der Waals surface area contributed by atoms with Gasteiger partial charge in [0, 0.05) is 87.6 Å². The molecule has 3 N–H and O–H groups in total. The maximum absolute atomic E-state index is 13.1. The number of para-hydroxylation sites is 1. The van der Waals surface area contributed by atoms with Crippen molar-refractivity contribution in [2.45, 2.75) is 50.4 Å². The average Bonchev–Trinajstić information content (AvgIpc) is 3.73. The SMILES string of the molecule is Nc1ncnc2c1c(-c1ccc(Oc3ccccc3)cc1)nn2C1CCN(C2CN(CC3CN(c4ccc5c(c4)CN(C4CCC(=O)NC4=O)C5=O)C3)C2)CC1. The maximum Gasteiger partial charge on any atom is 0.255 e. The highest BCUT2D eigenvalue weighted by atomic mass is 16.5. The van der Waals surface area contributed by atoms with Gasteiger partial charge in [-0.1, -0.05) is 18.2 Å². The summed E-state index contributed by atoms with van der Waals surface area (Å²) in [5.74, 6) is 1.81. The lowest BCUT2D eigenvalue weighted by molar-refractivity contribution is -0.136. The van der Waals surface area contributed by atoms with Crippen molar-refractivity contribution in [3.8, 4) is 22.8 Å². The highest BCUT2D eigenvalue weighted by Gasteiger charge is 2.41. The van der Waals surface area contributed by atoms with E-state index in [9.17, 15) is 14.4 Å². The molecular formula is C42H44N10O4. The van der Waals surface area contributed by atoms with Gasteiger partial charge in [-0.05, 0) is 79.4 Å². The predicted molar refractivity (Wildman–Crippen MR) is 210 cm³/mol. The van der Waals surface area contributed by atoms with Gasteiger partial charge in [-0.25, -0.2) is 14.6 Å². The number of nitrogens with zero attached hydrogens (tertiary/aromatic N) is 8. The van der Waals surface area contributed by atoms with E-state index >= 15 is 0 Å². The van der Waals surface area contributed by atoms with E-state index in [-0.39, 0.29) is 30.2 Å². The molecule has 286 valence electrons. The summed E-state index contributed by atoms with van der Waals surface area (Å²) in [5.41, 5.74) is 11.7. The number of rotatable bonds is 9. The number of nitrogens with one attached hydrogen (secondary N) is 1. The van der Waals surface area contributed by atoms with Gasteiger partial charge >= 0.3 is 0 Å². The molecule has 14 nitrogen and oxygen atoms in total. The molecular weight excluding hydrogens is 709 g/mol. The number of nitrogens with two attached hydrogens (primary N) is 1. The van der Waals surface area contributed by atoms with Crippen LogP contribution in [0.15, 0.2) is 79.1 Å². The Hall–Kier alpha value is -5.86. The van der Waals surface area contributed by atoms with E-state index in [1.165, 1.54) is 6.33 Å². The number of hydrogen-bond donors (Lipinski definition) is 2. The number of hydrogen-bond acceptors (Lipinski definition) is 11. The third-order valence-electron chi connectivity index (χ3n) is 12.3. The van der Waals surface area contributed by atoms with E-state index < -0.39 is 6.04 Å². The monoisotopic (exact) mass is 752 g/mol. The molecule has 0 bridgehead atoms. The van der Waals surface area contributed by atoms with Crippen LogP contribution >= 0.6 is 0 Å². The number of nitrogen functional groups attached to an aromatic ring is 1. The second-order valence-electron chi connectivity index (χ2n) is 15.8. The van der Waals surface area contributed by atoms with Gasteiger partial charge in [0.1, 0.15) is 35.4 Å². The number of ether oxygens (including phenoxy) is 1. The summed E-state index contributed by atoms with van der Waals surface area (Å²) < 4.78 is 8.09. The van der Waals surface area contributed by atoms with Crippen LogP contribution in [0.2, 0.25) is 0 Å². The number of carbonyl (C=O) groups excluding carboxylic acids is 3. The lowest BCUT2D eigenvalue weighted by atomic mass is 9.94. The maximum atomic E-state index is 13.1. The summed E-state index contributed by atoms with van der Waals surface area (Å²) in [4.78, 5) is 55.3. The van der Waals surface area contributed by atoms with Crippen molar-refractivity contribution >= 4 is 40.3 Å². The molecule has 4 saturated heterocycles. The molecule has 2 aromatic heterocycles. The van der Waals surface area contributed by atoms with Crippen molar-refractivity contribution in [1.82, 2.24) is 39.8 Å². The van der Waals surface area contributed by atoms with Crippen molar-refractivity contribution in [2.24, 2.45) is 5.92 Å². The van der Waals surface area contributed by atoms with Gasteiger partial charge in [0.2, 0.25) is 11.8 Å². The second kappa shape index (κ2) is 14.0. The Morgan fingerprint density at radius 3 is 2.38 bits per heavy atom. The molecule has 14 heteroatoms. The fourth-order valence-electron chi connectivity index (χ4n) is 9.19. The Balaban J connectivity index is 0.710. The van der Waals surface area contributed by atoms with Gasteiger partial charge in [-0.2, -0.15) is 5.10 Å². The van der Waals surface area contributed by atoms with Crippen molar-refractivity contribution < 1.29 is 19.1 Å². The lowest BCUT2D eigenvalue weighted by Gasteiger charge is -2.51. The molecule has 56 heavy (non-hydrogen) atoms. The second-order valence-corrected chi connectivity index (χ2v) is 15.8. The van der Waals surface area contributed by atoms with E-state index in [4.69, 9.17) is 15.6 Å². The van der Waals surface area contributed by atoms with Gasteiger partial charge in [-0.3, -0.25) is 29.5 Å². The molecule has 3 aromatic carbocycles. The molecule has 4 fully saturated rings. The van der Waals surface area contributed by atoms with Crippen LogP contribution in [0.25, 0.3) is 22.3 Å². The molecule has 10 rings (SSSR count). The molecule has 0 radical (unpaired) electrons. The fourth-order valence-corrected chi connectivity index (χ4v) is 9.19. The lowest BCUT2D eigenvalue weighted by Crippen LogP contribution is -2.63. The third kappa shape index (κ3) is 6.32. The Morgan fingerprint density at radius 2 is 1.61 bits per heavy atom. The highest BCUT2D eigenvalue weighted by molar-refractivity contribution is 6.05. The first-order valence-corrected chi connectivity index (χ1v) is 19.7. The Morgan fingerprint density at radius 1 is 0.839 bits per heavy atom. The third-order valence-corrected chi connectivity index (χ3v) is 12.3. The summed E-state index contributed by atoms with van der Waals surface area (Å²) in [6.45, 7) is 7.72. The van der Waals surface area contributed by atoms with E-state index in [1.807, 2.05) is 66.7 Å². The quantitative estimate of drug-likeness (QED) is 0.209. The van der Waals surface area contributed by atoms with Crippen molar-refractivity contribution in [2.75, 3.05) is 56.4 Å². The number of amides is 3. The fraction of sp³-hybridized carbons (Fsp3) is 0.381. The Kier molecular flexibility index (Phi) is 8.66. The zero-order valence-corrected chi connectivity index (χ0v) is 31.1. The summed E-state index contributed by atoms with van der Waals surface area (Å²) >= 11 is 0. The summed E-state index contributed by atoms with van der Waals surface area (Å²) in [6, 6.07) is 23.9. The normalized spacial score (nSPS) is 21.3. The largest absolute Gasteiger partial charge is 0.457 e. The van der Waals surface area contributed by atoms with Crippen LogP contribution in [-0.2, 0) is 16.1 Å². The van der Waals surface area contributed by atoms with Gasteiger partial charge in [0.15, 0.2) is 5.65 Å². The standard InChI is InChI=1S/C42H44N10O4/c43-39-37-38(27-6-9-33(10-7-27)56-32-4-2-1-3-5-32)47-52(40(37)45-25-44-39)29-14-16-49(17-15-29)31-23-48(24-31)19-26-20-50(21-26)30-8-11-34-28(18-30)22-51(42(34)55)35-12-13-36(53)46-41(35)54/h1-11,18,25-26,29,31,35H,12-17,19-24H2,(H2,43,44,45)(H,46,53,54). The van der Waals surface area contributed by atoms with Gasteiger partial charge in [-0.15, -0.1) is 0 Å². The molecule has 0 aliphatic carbocycles. The molecule has 0 spiro atoms. The molecule has 5 aliphatic rings. The molecule has 7 heterocycles. The van der Waals surface area contributed by atoms with E-state index in [0.29, 0.717) is 36.3 Å². The van der Waals surface area contributed by atoms with Crippen LogP contribution in [0.3, 0.4) is 0 Å². The minimum Gasteiger partial charge on any atom is -0.457 e. The Labute approximate surface area is 324 Å². The van der Waals surface area contributed by atoms with Gasteiger partial charge in [0.05, 0.1) is 11.4 Å². The average molecular weight is 753 g/mol.